The summed E-state index contributed by atoms with van der Waals surface area (Å²) in [5, 5.41) is 0. The summed E-state index contributed by atoms with van der Waals surface area (Å²) < 4.78 is 0. The van der Waals surface area contributed by atoms with Crippen molar-refractivity contribution in [1.82, 2.24) is 0 Å². The van der Waals surface area contributed by atoms with E-state index in [1.54, 1.807) is 0 Å². The smallest absolute Gasteiger partial charge is 0.0143 e. The third kappa shape index (κ3) is 26.3. The largest absolute Gasteiger partial charge is 0.120 e. The predicted octanol–water partition coefficient (Wildman–Crippen LogP) is 3.86. The van der Waals surface area contributed by atoms with Crippen LogP contribution in [0.15, 0.2) is 0 Å². The Hall–Kier alpha value is -0.440. The van der Waals surface area contributed by atoms with Crippen molar-refractivity contribution in [1.29, 1.82) is 0 Å². The van der Waals surface area contributed by atoms with Crippen molar-refractivity contribution in [2.75, 3.05) is 0 Å². The van der Waals surface area contributed by atoms with E-state index in [0.717, 1.165) is 0 Å². The molecule has 0 aliphatic carbocycles. The SMILES string of the molecule is C#CC(C)C.CCCCCC. The Balaban J connectivity index is 0. The fourth-order valence-corrected chi connectivity index (χ4v) is 0.500. The van der Waals surface area contributed by atoms with Gasteiger partial charge in [0.15, 0.2) is 0 Å². The molecule has 0 saturated heterocycles. The summed E-state index contributed by atoms with van der Waals surface area (Å²) in [5.41, 5.74) is 0. The number of unbranched alkanes of at least 4 members (excludes halogenated alkanes) is 3. The topological polar surface area (TPSA) is 0 Å². The maximum Gasteiger partial charge on any atom is 0.0143 e. The normalized spacial score (nSPS) is 8.36. The van der Waals surface area contributed by atoms with Gasteiger partial charge in [-0.15, -0.1) is 12.3 Å². The molecular weight excluding hydrogens is 132 g/mol. The van der Waals surface area contributed by atoms with E-state index >= 15 is 0 Å². The molecule has 0 aliphatic rings. The zero-order valence-electron chi connectivity index (χ0n) is 8.48. The zero-order valence-corrected chi connectivity index (χ0v) is 8.48. The highest BCUT2D eigenvalue weighted by Gasteiger charge is 1.75. The summed E-state index contributed by atoms with van der Waals surface area (Å²) >= 11 is 0. The lowest BCUT2D eigenvalue weighted by Crippen LogP contribution is -1.72. The Bertz CT molecular complexity index is 80.7. The second-order valence-electron chi connectivity index (χ2n) is 3.03. The molecule has 11 heavy (non-hydrogen) atoms. The summed E-state index contributed by atoms with van der Waals surface area (Å²) in [6, 6.07) is 0. The second-order valence-corrected chi connectivity index (χ2v) is 3.03. The Morgan fingerprint density at radius 3 is 1.45 bits per heavy atom. The fraction of sp³-hybridized carbons (Fsp3) is 0.818. The Morgan fingerprint density at radius 2 is 1.36 bits per heavy atom. The standard InChI is InChI=1S/C6H14.C5H8/c1-3-5-6-4-2;1-4-5(2)3/h3-6H2,1-2H3;1,5H,2-3H3. The molecule has 0 amide bonds. The predicted molar refractivity (Wildman–Crippen MR) is 53.5 cm³/mol. The zero-order chi connectivity index (χ0) is 9.11. The first-order chi connectivity index (χ1) is 5.18. The van der Waals surface area contributed by atoms with Crippen LogP contribution in [0.3, 0.4) is 0 Å². The molecule has 0 aromatic rings. The highest BCUT2D eigenvalue weighted by atomic mass is 13.8. The van der Waals surface area contributed by atoms with Gasteiger partial charge in [-0.3, -0.25) is 0 Å². The van der Waals surface area contributed by atoms with Crippen LogP contribution in [-0.4, -0.2) is 0 Å². The maximum atomic E-state index is 4.92. The van der Waals surface area contributed by atoms with E-state index in [-0.39, 0.29) is 0 Å². The average molecular weight is 154 g/mol. The molecule has 0 nitrogen and oxygen atoms in total. The van der Waals surface area contributed by atoms with E-state index in [1.807, 2.05) is 13.8 Å². The highest BCUT2D eigenvalue weighted by molar-refractivity contribution is 4.86. The number of hydrogen-bond donors (Lipinski definition) is 0. The molecule has 0 bridgehead atoms. The van der Waals surface area contributed by atoms with E-state index in [1.165, 1.54) is 25.7 Å². The molecule has 0 rings (SSSR count). The number of terminal acetylenes is 1. The van der Waals surface area contributed by atoms with Crippen molar-refractivity contribution in [2.24, 2.45) is 5.92 Å². The van der Waals surface area contributed by atoms with Crippen LogP contribution in [0.5, 0.6) is 0 Å². The van der Waals surface area contributed by atoms with Crippen molar-refractivity contribution in [3.63, 3.8) is 0 Å². The molecule has 0 unspecified atom stereocenters. The lowest BCUT2D eigenvalue weighted by atomic mass is 10.2. The molecule has 0 atom stereocenters. The van der Waals surface area contributed by atoms with Gasteiger partial charge >= 0.3 is 0 Å². The molecule has 0 heterocycles. The third-order valence-corrected chi connectivity index (χ3v) is 1.29. The van der Waals surface area contributed by atoms with Crippen LogP contribution in [0.2, 0.25) is 0 Å². The molecule has 0 aliphatic heterocycles. The molecule has 0 spiro atoms. The number of rotatable bonds is 3. The van der Waals surface area contributed by atoms with Gasteiger partial charge in [-0.2, -0.15) is 0 Å². The summed E-state index contributed by atoms with van der Waals surface area (Å²) in [7, 11) is 0. The lowest BCUT2D eigenvalue weighted by Gasteiger charge is -1.86. The van der Waals surface area contributed by atoms with Crippen LogP contribution in [0.4, 0.5) is 0 Å². The van der Waals surface area contributed by atoms with E-state index in [9.17, 15) is 0 Å². The van der Waals surface area contributed by atoms with Crippen molar-refractivity contribution in [3.05, 3.63) is 0 Å². The van der Waals surface area contributed by atoms with Crippen molar-refractivity contribution in [2.45, 2.75) is 53.4 Å². The van der Waals surface area contributed by atoms with E-state index in [4.69, 9.17) is 6.42 Å². The maximum absolute atomic E-state index is 4.92. The van der Waals surface area contributed by atoms with Gasteiger partial charge < -0.3 is 0 Å². The minimum absolute atomic E-state index is 0.412. The van der Waals surface area contributed by atoms with Crippen LogP contribution in [0, 0.1) is 18.3 Å². The molecule has 0 aromatic heterocycles. The van der Waals surface area contributed by atoms with Gasteiger partial charge in [-0.25, -0.2) is 0 Å². The summed E-state index contributed by atoms with van der Waals surface area (Å²) in [4.78, 5) is 0. The van der Waals surface area contributed by atoms with Gasteiger partial charge in [0.25, 0.3) is 0 Å². The van der Waals surface area contributed by atoms with Crippen LogP contribution in [0.25, 0.3) is 0 Å². The first kappa shape index (κ1) is 13.2. The highest BCUT2D eigenvalue weighted by Crippen LogP contribution is 1.95. The van der Waals surface area contributed by atoms with Crippen LogP contribution < -0.4 is 0 Å². The van der Waals surface area contributed by atoms with Crippen molar-refractivity contribution in [3.8, 4) is 12.3 Å². The van der Waals surface area contributed by atoms with Crippen molar-refractivity contribution >= 4 is 0 Å². The monoisotopic (exact) mass is 154 g/mol. The number of hydrogen-bond acceptors (Lipinski definition) is 0. The van der Waals surface area contributed by atoms with Crippen molar-refractivity contribution < 1.29 is 0 Å². The van der Waals surface area contributed by atoms with Crippen LogP contribution in [0.1, 0.15) is 53.4 Å². The Morgan fingerprint density at radius 1 is 1.09 bits per heavy atom. The molecule has 0 aromatic carbocycles. The van der Waals surface area contributed by atoms with E-state index in [0.29, 0.717) is 5.92 Å². The Kier molecular flexibility index (Phi) is 14.7. The molecule has 0 N–H and O–H groups in total. The molecule has 0 saturated carbocycles. The van der Waals surface area contributed by atoms with Gasteiger partial charge in [0.2, 0.25) is 0 Å². The fourth-order valence-electron chi connectivity index (χ4n) is 0.500. The minimum Gasteiger partial charge on any atom is -0.120 e. The van der Waals surface area contributed by atoms with E-state index in [2.05, 4.69) is 19.8 Å². The van der Waals surface area contributed by atoms with E-state index < -0.39 is 0 Å². The first-order valence-corrected chi connectivity index (χ1v) is 4.65. The second kappa shape index (κ2) is 12.3. The summed E-state index contributed by atoms with van der Waals surface area (Å²) in [6.45, 7) is 8.44. The lowest BCUT2D eigenvalue weighted by molar-refractivity contribution is 0.702. The average Bonchev–Trinajstić information content (AvgIpc) is 2.02. The van der Waals surface area contributed by atoms with Crippen LogP contribution >= 0.6 is 0 Å². The van der Waals surface area contributed by atoms with Gasteiger partial charge in [-0.05, 0) is 0 Å². The third-order valence-electron chi connectivity index (χ3n) is 1.29. The summed E-state index contributed by atoms with van der Waals surface area (Å²) in [6.07, 6.45) is 10.5. The first-order valence-electron chi connectivity index (χ1n) is 4.65. The minimum atomic E-state index is 0.412. The van der Waals surface area contributed by atoms with Gasteiger partial charge in [-0.1, -0.05) is 53.4 Å². The van der Waals surface area contributed by atoms with Gasteiger partial charge in [0, 0.05) is 5.92 Å². The molecule has 0 heteroatoms. The summed E-state index contributed by atoms with van der Waals surface area (Å²) in [5.74, 6) is 2.94. The van der Waals surface area contributed by atoms with Crippen LogP contribution in [-0.2, 0) is 0 Å². The molecular formula is C11H22. The Labute approximate surface area is 72.4 Å². The molecule has 66 valence electrons. The molecule has 0 radical (unpaired) electrons. The van der Waals surface area contributed by atoms with Gasteiger partial charge in [0.05, 0.1) is 0 Å². The quantitative estimate of drug-likeness (QED) is 0.427. The van der Waals surface area contributed by atoms with Gasteiger partial charge in [0.1, 0.15) is 0 Å². The molecule has 0 fully saturated rings.